The number of carbonyl (C=O) groups excluding carboxylic acids is 1. The molecular formula is C21H22N2O2S2. The first-order valence-electron chi connectivity index (χ1n) is 9.34. The number of hydrogen-bond acceptors (Lipinski definition) is 5. The number of ether oxygens (including phenoxy) is 1. The topological polar surface area (TPSA) is 51.2 Å². The van der Waals surface area contributed by atoms with Crippen LogP contribution >= 0.6 is 22.7 Å². The number of aromatic nitrogens is 1. The summed E-state index contributed by atoms with van der Waals surface area (Å²) in [7, 11) is 0. The van der Waals surface area contributed by atoms with E-state index in [4.69, 9.17) is 4.74 Å². The highest BCUT2D eigenvalue weighted by Gasteiger charge is 2.18. The Bertz CT molecular complexity index is 905. The number of aryl methyl sites for hydroxylation is 2. The molecule has 1 N–H and O–H groups in total. The predicted octanol–water partition coefficient (Wildman–Crippen LogP) is 5.79. The van der Waals surface area contributed by atoms with Crippen molar-refractivity contribution in [2.45, 2.75) is 39.0 Å². The van der Waals surface area contributed by atoms with Gasteiger partial charge in [-0.2, -0.15) is 0 Å². The number of hydrogen-bond donors (Lipinski definition) is 1. The number of rotatable bonds is 6. The average Bonchev–Trinajstić information content (AvgIpc) is 3.33. The quantitative estimate of drug-likeness (QED) is 0.571. The molecule has 1 aliphatic carbocycles. The van der Waals surface area contributed by atoms with Gasteiger partial charge in [0.05, 0.1) is 17.2 Å². The number of fused-ring (bicyclic) bond motifs is 1. The van der Waals surface area contributed by atoms with E-state index >= 15 is 0 Å². The van der Waals surface area contributed by atoms with E-state index in [-0.39, 0.29) is 5.91 Å². The molecule has 0 saturated carbocycles. The molecular weight excluding hydrogens is 376 g/mol. The molecule has 0 bridgehead atoms. The summed E-state index contributed by atoms with van der Waals surface area (Å²) >= 11 is 3.08. The summed E-state index contributed by atoms with van der Waals surface area (Å²) in [6, 6.07) is 9.97. The third-order valence-corrected chi connectivity index (χ3v) is 6.56. The summed E-state index contributed by atoms with van der Waals surface area (Å²) in [6.07, 6.45) is 5.64. The normalized spacial score (nSPS) is 13.2. The highest BCUT2D eigenvalue weighted by molar-refractivity contribution is 7.15. The van der Waals surface area contributed by atoms with Gasteiger partial charge in [-0.15, -0.1) is 22.7 Å². The lowest BCUT2D eigenvalue weighted by molar-refractivity contribution is 0.103. The minimum Gasteiger partial charge on any atom is -0.494 e. The first kappa shape index (κ1) is 18.2. The fraction of sp³-hybridized carbons (Fsp3) is 0.333. The molecule has 140 valence electrons. The maximum Gasteiger partial charge on any atom is 0.267 e. The van der Waals surface area contributed by atoms with Crippen LogP contribution in [0, 0.1) is 0 Å². The van der Waals surface area contributed by atoms with Gasteiger partial charge in [-0.25, -0.2) is 4.98 Å². The Morgan fingerprint density at radius 3 is 2.81 bits per heavy atom. The van der Waals surface area contributed by atoms with Crippen LogP contribution in [0.4, 0.5) is 5.13 Å². The fourth-order valence-corrected chi connectivity index (χ4v) is 5.03. The van der Waals surface area contributed by atoms with Crippen molar-refractivity contribution in [1.29, 1.82) is 0 Å². The monoisotopic (exact) mass is 398 g/mol. The summed E-state index contributed by atoms with van der Waals surface area (Å²) in [5.41, 5.74) is 3.23. The zero-order chi connectivity index (χ0) is 18.6. The van der Waals surface area contributed by atoms with Crippen molar-refractivity contribution in [2.24, 2.45) is 0 Å². The van der Waals surface area contributed by atoms with Crippen LogP contribution in [0.1, 0.15) is 46.3 Å². The summed E-state index contributed by atoms with van der Waals surface area (Å²) in [4.78, 5) is 19.3. The molecule has 0 atom stereocenters. The number of carbonyl (C=O) groups is 1. The van der Waals surface area contributed by atoms with Crippen LogP contribution in [0.3, 0.4) is 0 Å². The Kier molecular flexibility index (Phi) is 5.55. The van der Waals surface area contributed by atoms with Crippen LogP contribution < -0.4 is 10.1 Å². The van der Waals surface area contributed by atoms with Crippen LogP contribution in [0.25, 0.3) is 11.3 Å². The van der Waals surface area contributed by atoms with Crippen molar-refractivity contribution in [3.8, 4) is 17.0 Å². The summed E-state index contributed by atoms with van der Waals surface area (Å²) in [5.74, 6) is 0.810. The summed E-state index contributed by atoms with van der Waals surface area (Å²) in [5, 5.41) is 5.55. The van der Waals surface area contributed by atoms with E-state index in [1.807, 2.05) is 29.6 Å². The molecule has 3 aromatic rings. The lowest BCUT2D eigenvalue weighted by Crippen LogP contribution is -2.09. The molecule has 0 aliphatic heterocycles. The van der Waals surface area contributed by atoms with Crippen molar-refractivity contribution < 1.29 is 9.53 Å². The highest BCUT2D eigenvalue weighted by atomic mass is 32.1. The average molecular weight is 399 g/mol. The zero-order valence-corrected chi connectivity index (χ0v) is 16.9. The largest absolute Gasteiger partial charge is 0.494 e. The molecule has 2 heterocycles. The molecule has 0 saturated heterocycles. The van der Waals surface area contributed by atoms with E-state index < -0.39 is 0 Å². The third kappa shape index (κ3) is 4.22. The molecule has 0 radical (unpaired) electrons. The number of amides is 1. The maximum atomic E-state index is 12.6. The van der Waals surface area contributed by atoms with Gasteiger partial charge < -0.3 is 4.74 Å². The van der Waals surface area contributed by atoms with Gasteiger partial charge in [-0.3, -0.25) is 10.1 Å². The van der Waals surface area contributed by atoms with E-state index in [1.54, 1.807) is 11.3 Å². The Balaban J connectivity index is 1.43. The standard InChI is InChI=1S/C21H22N2O2S2/c1-2-11-25-16-9-7-14(8-10-16)17-13-26-21(22-17)23-20(24)19-12-15-5-3-4-6-18(15)27-19/h7-10,12-13H,2-6,11H2,1H3,(H,22,23,24). The van der Waals surface area contributed by atoms with Crippen molar-refractivity contribution in [3.05, 3.63) is 51.0 Å². The zero-order valence-electron chi connectivity index (χ0n) is 15.3. The fourth-order valence-electron chi connectivity index (χ4n) is 3.17. The molecule has 4 nitrogen and oxygen atoms in total. The van der Waals surface area contributed by atoms with Crippen molar-refractivity contribution in [1.82, 2.24) is 4.98 Å². The third-order valence-electron chi connectivity index (χ3n) is 4.57. The highest BCUT2D eigenvalue weighted by Crippen LogP contribution is 2.31. The van der Waals surface area contributed by atoms with Gasteiger partial charge in [0.15, 0.2) is 5.13 Å². The molecule has 27 heavy (non-hydrogen) atoms. The Morgan fingerprint density at radius 1 is 1.22 bits per heavy atom. The van der Waals surface area contributed by atoms with E-state index in [2.05, 4.69) is 23.3 Å². The van der Waals surface area contributed by atoms with Crippen molar-refractivity contribution >= 4 is 33.7 Å². The van der Waals surface area contributed by atoms with Gasteiger partial charge in [-0.05, 0) is 68.0 Å². The lowest BCUT2D eigenvalue weighted by Gasteiger charge is -2.08. The van der Waals surface area contributed by atoms with Gasteiger partial charge in [0.25, 0.3) is 5.91 Å². The number of thiazole rings is 1. The second-order valence-corrected chi connectivity index (χ2v) is 8.63. The van der Waals surface area contributed by atoms with Crippen LogP contribution in [-0.2, 0) is 12.8 Å². The van der Waals surface area contributed by atoms with Gasteiger partial charge in [0.2, 0.25) is 0 Å². The molecule has 4 rings (SSSR count). The van der Waals surface area contributed by atoms with Crippen LogP contribution in [0.5, 0.6) is 5.75 Å². The second kappa shape index (κ2) is 8.23. The molecule has 1 aromatic carbocycles. The Morgan fingerprint density at radius 2 is 2.04 bits per heavy atom. The van der Waals surface area contributed by atoms with E-state index in [0.29, 0.717) is 5.13 Å². The number of nitrogens with one attached hydrogen (secondary N) is 1. The first-order chi connectivity index (χ1) is 13.2. The van der Waals surface area contributed by atoms with Gasteiger partial charge >= 0.3 is 0 Å². The number of thiophene rings is 1. The summed E-state index contributed by atoms with van der Waals surface area (Å²) in [6.45, 7) is 2.81. The molecule has 0 unspecified atom stereocenters. The number of benzene rings is 1. The number of anilines is 1. The molecule has 2 aromatic heterocycles. The minimum atomic E-state index is -0.0568. The minimum absolute atomic E-state index is 0.0568. The summed E-state index contributed by atoms with van der Waals surface area (Å²) < 4.78 is 5.61. The Labute approximate surface area is 167 Å². The first-order valence-corrected chi connectivity index (χ1v) is 11.0. The van der Waals surface area contributed by atoms with Crippen LogP contribution in [0.2, 0.25) is 0 Å². The van der Waals surface area contributed by atoms with Gasteiger partial charge in [0.1, 0.15) is 5.75 Å². The molecule has 1 aliphatic rings. The molecule has 6 heteroatoms. The van der Waals surface area contributed by atoms with Crippen LogP contribution in [-0.4, -0.2) is 17.5 Å². The van der Waals surface area contributed by atoms with Gasteiger partial charge in [-0.1, -0.05) is 6.92 Å². The molecule has 0 fully saturated rings. The Hall–Kier alpha value is -2.18. The van der Waals surface area contributed by atoms with E-state index in [1.165, 1.54) is 34.6 Å². The smallest absolute Gasteiger partial charge is 0.267 e. The van der Waals surface area contributed by atoms with Crippen LogP contribution in [0.15, 0.2) is 35.7 Å². The molecule has 1 amide bonds. The predicted molar refractivity (Wildman–Crippen MR) is 112 cm³/mol. The van der Waals surface area contributed by atoms with Crippen molar-refractivity contribution in [3.63, 3.8) is 0 Å². The number of nitrogens with zero attached hydrogens (tertiary/aromatic N) is 1. The van der Waals surface area contributed by atoms with Crippen molar-refractivity contribution in [2.75, 3.05) is 11.9 Å². The van der Waals surface area contributed by atoms with E-state index in [9.17, 15) is 4.79 Å². The second-order valence-electron chi connectivity index (χ2n) is 6.63. The SMILES string of the molecule is CCCOc1ccc(-c2csc(NC(=O)c3cc4c(s3)CCCC4)n2)cc1. The van der Waals surface area contributed by atoms with Gasteiger partial charge in [0, 0.05) is 15.8 Å². The lowest BCUT2D eigenvalue weighted by atomic mass is 9.99. The molecule has 0 spiro atoms. The maximum absolute atomic E-state index is 12.6. The van der Waals surface area contributed by atoms with E-state index in [0.717, 1.165) is 47.8 Å².